The van der Waals surface area contributed by atoms with Gasteiger partial charge in [-0.1, -0.05) is 12.5 Å². The highest BCUT2D eigenvalue weighted by Crippen LogP contribution is 2.24. The fourth-order valence-corrected chi connectivity index (χ4v) is 2.95. The van der Waals surface area contributed by atoms with Crippen molar-refractivity contribution in [2.75, 3.05) is 6.54 Å². The summed E-state index contributed by atoms with van der Waals surface area (Å²) in [6, 6.07) is 3.02. The first kappa shape index (κ1) is 12.6. The molecule has 0 aliphatic carbocycles. The summed E-state index contributed by atoms with van der Waals surface area (Å²) in [6.45, 7) is 10.2. The second-order valence-electron chi connectivity index (χ2n) is 5.59. The van der Waals surface area contributed by atoms with E-state index in [0.717, 1.165) is 0 Å². The molecule has 1 heterocycles. The molecule has 1 aromatic rings. The Bertz CT molecular complexity index is 374. The maximum Gasteiger partial charge on any atom is 0.0108 e. The second-order valence-corrected chi connectivity index (χ2v) is 5.59. The van der Waals surface area contributed by atoms with Crippen LogP contribution in [0.25, 0.3) is 0 Å². The van der Waals surface area contributed by atoms with Crippen molar-refractivity contribution in [3.05, 3.63) is 33.9 Å². The maximum atomic E-state index is 3.66. The molecule has 1 saturated heterocycles. The molecule has 1 aromatic carbocycles. The number of benzene rings is 1. The molecule has 0 spiro atoms. The van der Waals surface area contributed by atoms with Crippen LogP contribution >= 0.6 is 0 Å². The standard InChI is InChI=1S/C16H25N/c1-11-9-12(2)14(4)16(13(11)3)10-15-7-5-6-8-17-15/h9,15,17H,5-8,10H2,1-4H3. The lowest BCUT2D eigenvalue weighted by molar-refractivity contribution is 0.398. The van der Waals surface area contributed by atoms with E-state index in [1.54, 1.807) is 5.56 Å². The van der Waals surface area contributed by atoms with Gasteiger partial charge in [0.15, 0.2) is 0 Å². The number of hydrogen-bond donors (Lipinski definition) is 1. The van der Waals surface area contributed by atoms with Crippen LogP contribution in [-0.2, 0) is 6.42 Å². The fourth-order valence-electron chi connectivity index (χ4n) is 2.95. The van der Waals surface area contributed by atoms with Crippen molar-refractivity contribution in [3.8, 4) is 0 Å². The largest absolute Gasteiger partial charge is 0.314 e. The molecule has 1 aliphatic rings. The Morgan fingerprint density at radius 1 is 1.06 bits per heavy atom. The molecule has 17 heavy (non-hydrogen) atoms. The summed E-state index contributed by atoms with van der Waals surface area (Å²) in [5.41, 5.74) is 7.47. The number of hydrogen-bond acceptors (Lipinski definition) is 1. The summed E-state index contributed by atoms with van der Waals surface area (Å²) in [4.78, 5) is 0. The van der Waals surface area contributed by atoms with E-state index in [4.69, 9.17) is 0 Å². The molecule has 0 radical (unpaired) electrons. The highest BCUT2D eigenvalue weighted by Gasteiger charge is 2.16. The minimum absolute atomic E-state index is 0.697. The molecule has 1 nitrogen and oxygen atoms in total. The summed E-state index contributed by atoms with van der Waals surface area (Å²) in [5.74, 6) is 0. The first-order valence-corrected chi connectivity index (χ1v) is 6.89. The van der Waals surface area contributed by atoms with Crippen LogP contribution in [0, 0.1) is 27.7 Å². The topological polar surface area (TPSA) is 12.0 Å². The molecular formula is C16H25N. The number of rotatable bonds is 2. The van der Waals surface area contributed by atoms with Gasteiger partial charge in [-0.3, -0.25) is 0 Å². The Kier molecular flexibility index (Phi) is 3.88. The predicted octanol–water partition coefficient (Wildman–Crippen LogP) is 3.60. The highest BCUT2D eigenvalue weighted by molar-refractivity contribution is 5.44. The van der Waals surface area contributed by atoms with Gasteiger partial charge in [0.2, 0.25) is 0 Å². The Hall–Kier alpha value is -0.820. The zero-order chi connectivity index (χ0) is 12.4. The van der Waals surface area contributed by atoms with Gasteiger partial charge in [-0.2, -0.15) is 0 Å². The van der Waals surface area contributed by atoms with Crippen LogP contribution in [0.4, 0.5) is 0 Å². The normalized spacial score (nSPS) is 20.6. The predicted molar refractivity (Wildman–Crippen MR) is 74.7 cm³/mol. The summed E-state index contributed by atoms with van der Waals surface area (Å²) in [6.07, 6.45) is 5.29. The SMILES string of the molecule is Cc1cc(C)c(C)c(CC2CCCCN2)c1C. The molecule has 94 valence electrons. The van der Waals surface area contributed by atoms with Crippen LogP contribution in [0.1, 0.15) is 47.1 Å². The Morgan fingerprint density at radius 2 is 1.71 bits per heavy atom. The van der Waals surface area contributed by atoms with Gasteiger partial charge >= 0.3 is 0 Å². The van der Waals surface area contributed by atoms with Gasteiger partial charge in [-0.15, -0.1) is 0 Å². The fraction of sp³-hybridized carbons (Fsp3) is 0.625. The average molecular weight is 231 g/mol. The first-order valence-electron chi connectivity index (χ1n) is 6.89. The molecule has 2 rings (SSSR count). The van der Waals surface area contributed by atoms with Gasteiger partial charge in [-0.05, 0) is 81.3 Å². The van der Waals surface area contributed by atoms with E-state index in [0.29, 0.717) is 6.04 Å². The molecule has 1 heteroatoms. The van der Waals surface area contributed by atoms with Crippen molar-refractivity contribution in [2.45, 2.75) is 59.4 Å². The molecule has 0 bridgehead atoms. The highest BCUT2D eigenvalue weighted by atomic mass is 14.9. The van der Waals surface area contributed by atoms with Gasteiger partial charge in [0.05, 0.1) is 0 Å². The summed E-state index contributed by atoms with van der Waals surface area (Å²) < 4.78 is 0. The molecule has 1 unspecified atom stereocenters. The van der Waals surface area contributed by atoms with Gasteiger partial charge in [0.25, 0.3) is 0 Å². The molecular weight excluding hydrogens is 206 g/mol. The lowest BCUT2D eigenvalue weighted by Gasteiger charge is -2.26. The lowest BCUT2D eigenvalue weighted by atomic mass is 9.88. The number of nitrogens with one attached hydrogen (secondary N) is 1. The molecule has 1 fully saturated rings. The molecule has 0 amide bonds. The van der Waals surface area contributed by atoms with Gasteiger partial charge in [0.1, 0.15) is 0 Å². The van der Waals surface area contributed by atoms with E-state index >= 15 is 0 Å². The van der Waals surface area contributed by atoms with Crippen LogP contribution < -0.4 is 5.32 Å². The van der Waals surface area contributed by atoms with Crippen LogP contribution in [0.3, 0.4) is 0 Å². The van der Waals surface area contributed by atoms with E-state index in [1.807, 2.05) is 0 Å². The Labute approximate surface area is 106 Å². The van der Waals surface area contributed by atoms with E-state index in [-0.39, 0.29) is 0 Å². The third-order valence-corrected chi connectivity index (χ3v) is 4.38. The third-order valence-electron chi connectivity index (χ3n) is 4.38. The molecule has 1 N–H and O–H groups in total. The summed E-state index contributed by atoms with van der Waals surface area (Å²) in [7, 11) is 0. The smallest absolute Gasteiger partial charge is 0.0108 e. The van der Waals surface area contributed by atoms with Crippen molar-refractivity contribution in [2.24, 2.45) is 0 Å². The van der Waals surface area contributed by atoms with Crippen molar-refractivity contribution in [1.29, 1.82) is 0 Å². The maximum absolute atomic E-state index is 3.66. The van der Waals surface area contributed by atoms with Gasteiger partial charge < -0.3 is 5.32 Å². The van der Waals surface area contributed by atoms with Crippen molar-refractivity contribution in [3.63, 3.8) is 0 Å². The monoisotopic (exact) mass is 231 g/mol. The molecule has 1 atom stereocenters. The van der Waals surface area contributed by atoms with Crippen molar-refractivity contribution < 1.29 is 0 Å². The zero-order valence-corrected chi connectivity index (χ0v) is 11.7. The minimum atomic E-state index is 0.697. The zero-order valence-electron chi connectivity index (χ0n) is 11.7. The van der Waals surface area contributed by atoms with Crippen molar-refractivity contribution in [1.82, 2.24) is 5.32 Å². The lowest BCUT2D eigenvalue weighted by Crippen LogP contribution is -2.36. The van der Waals surface area contributed by atoms with Gasteiger partial charge in [0, 0.05) is 6.04 Å². The molecule has 0 aromatic heterocycles. The molecule has 1 aliphatic heterocycles. The number of aryl methyl sites for hydroxylation is 2. The Morgan fingerprint density at radius 3 is 2.24 bits per heavy atom. The summed E-state index contributed by atoms with van der Waals surface area (Å²) >= 11 is 0. The van der Waals surface area contributed by atoms with E-state index in [9.17, 15) is 0 Å². The molecule has 0 saturated carbocycles. The van der Waals surface area contributed by atoms with E-state index < -0.39 is 0 Å². The third kappa shape index (κ3) is 2.71. The first-order chi connectivity index (χ1) is 8.09. The number of piperidine rings is 1. The van der Waals surface area contributed by atoms with Gasteiger partial charge in [-0.25, -0.2) is 0 Å². The second kappa shape index (κ2) is 5.22. The van der Waals surface area contributed by atoms with Crippen molar-refractivity contribution >= 4 is 0 Å². The van der Waals surface area contributed by atoms with E-state index in [1.165, 1.54) is 54.5 Å². The van der Waals surface area contributed by atoms with Crippen LogP contribution in [0.2, 0.25) is 0 Å². The minimum Gasteiger partial charge on any atom is -0.314 e. The van der Waals surface area contributed by atoms with Crippen LogP contribution in [0.15, 0.2) is 6.07 Å². The average Bonchev–Trinajstić information content (AvgIpc) is 2.33. The van der Waals surface area contributed by atoms with Crippen LogP contribution in [0.5, 0.6) is 0 Å². The quantitative estimate of drug-likeness (QED) is 0.820. The van der Waals surface area contributed by atoms with E-state index in [2.05, 4.69) is 39.1 Å². The van der Waals surface area contributed by atoms with Crippen LogP contribution in [-0.4, -0.2) is 12.6 Å². The summed E-state index contributed by atoms with van der Waals surface area (Å²) in [5, 5.41) is 3.66. The Balaban J connectivity index is 2.24.